The zero-order chi connectivity index (χ0) is 24.0. The van der Waals surface area contributed by atoms with Gasteiger partial charge in [-0.2, -0.15) is 4.31 Å². The first-order valence-corrected chi connectivity index (χ1v) is 12.2. The van der Waals surface area contributed by atoms with Crippen LogP contribution in [0.25, 0.3) is 10.9 Å². The molecule has 0 saturated carbocycles. The maximum absolute atomic E-state index is 14.5. The summed E-state index contributed by atoms with van der Waals surface area (Å²) in [5, 5.41) is 3.33. The third-order valence-electron chi connectivity index (χ3n) is 6.33. The molecule has 1 aliphatic rings. The molecule has 0 unspecified atom stereocenters. The van der Waals surface area contributed by atoms with Crippen LogP contribution in [0.2, 0.25) is 0 Å². The number of nitrogens with one attached hydrogen (secondary N) is 1. The molecule has 0 radical (unpaired) electrons. The average molecular weight is 483 g/mol. The van der Waals surface area contributed by atoms with E-state index in [4.69, 9.17) is 0 Å². The van der Waals surface area contributed by atoms with Crippen LogP contribution >= 0.6 is 0 Å². The number of benzene rings is 1. The van der Waals surface area contributed by atoms with Crippen molar-refractivity contribution in [3.05, 3.63) is 77.5 Å². The Morgan fingerprint density at radius 3 is 2.88 bits per heavy atom. The lowest BCUT2D eigenvalue weighted by Gasteiger charge is -2.27. The number of carbonyl (C=O) groups is 1. The summed E-state index contributed by atoms with van der Waals surface area (Å²) in [6, 6.07) is 7.74. The van der Waals surface area contributed by atoms with Crippen LogP contribution < -0.4 is 5.32 Å². The van der Waals surface area contributed by atoms with Gasteiger partial charge in [-0.15, -0.1) is 0 Å². The normalized spacial score (nSPS) is 14.3. The molecule has 0 atom stereocenters. The Labute approximate surface area is 195 Å². The van der Waals surface area contributed by atoms with Crippen molar-refractivity contribution >= 4 is 26.8 Å². The minimum absolute atomic E-state index is 0.0594. The Morgan fingerprint density at radius 1 is 1.24 bits per heavy atom. The second kappa shape index (κ2) is 8.33. The summed E-state index contributed by atoms with van der Waals surface area (Å²) in [7, 11) is -2.19. The van der Waals surface area contributed by atoms with Gasteiger partial charge in [0.1, 0.15) is 16.4 Å². The van der Waals surface area contributed by atoms with Crippen molar-refractivity contribution in [2.75, 3.05) is 6.54 Å². The van der Waals surface area contributed by atoms with E-state index >= 15 is 0 Å². The Hall–Kier alpha value is -3.57. The predicted molar refractivity (Wildman–Crippen MR) is 123 cm³/mol. The third-order valence-corrected chi connectivity index (χ3v) is 8.29. The molecular formula is C23H23FN6O3S. The van der Waals surface area contributed by atoms with E-state index < -0.39 is 21.7 Å². The van der Waals surface area contributed by atoms with Crippen LogP contribution in [0.1, 0.15) is 27.4 Å². The zero-order valence-corrected chi connectivity index (χ0v) is 19.5. The molecule has 4 heterocycles. The van der Waals surface area contributed by atoms with E-state index in [1.165, 1.54) is 21.0 Å². The van der Waals surface area contributed by atoms with E-state index in [-0.39, 0.29) is 23.7 Å². The maximum atomic E-state index is 14.5. The summed E-state index contributed by atoms with van der Waals surface area (Å²) < 4.78 is 46.1. The van der Waals surface area contributed by atoms with E-state index in [2.05, 4.69) is 15.3 Å². The molecule has 4 aromatic rings. The van der Waals surface area contributed by atoms with Crippen LogP contribution in [0.4, 0.5) is 4.39 Å². The molecule has 1 aliphatic heterocycles. The molecule has 1 amide bonds. The molecule has 34 heavy (non-hydrogen) atoms. The summed E-state index contributed by atoms with van der Waals surface area (Å²) >= 11 is 0. The van der Waals surface area contributed by atoms with Crippen molar-refractivity contribution in [2.24, 2.45) is 7.05 Å². The molecule has 0 spiro atoms. The zero-order valence-electron chi connectivity index (χ0n) is 18.7. The number of pyridine rings is 1. The second-order valence-corrected chi connectivity index (χ2v) is 10.1. The number of imidazole rings is 1. The smallest absolute Gasteiger partial charge is 0.268 e. The van der Waals surface area contributed by atoms with Gasteiger partial charge in [-0.05, 0) is 31.2 Å². The van der Waals surface area contributed by atoms with Crippen LogP contribution in [-0.4, -0.2) is 44.3 Å². The summed E-state index contributed by atoms with van der Waals surface area (Å²) in [5.74, 6) is -0.944. The molecule has 5 rings (SSSR count). The molecule has 0 saturated heterocycles. The van der Waals surface area contributed by atoms with Crippen LogP contribution in [0.5, 0.6) is 0 Å². The lowest BCUT2D eigenvalue weighted by Crippen LogP contribution is -2.38. The first-order valence-electron chi connectivity index (χ1n) is 10.7. The molecule has 11 heteroatoms. The summed E-state index contributed by atoms with van der Waals surface area (Å²) in [4.78, 5) is 21.4. The van der Waals surface area contributed by atoms with Crippen LogP contribution in [-0.2, 0) is 36.7 Å². The summed E-state index contributed by atoms with van der Waals surface area (Å²) in [6.07, 6.45) is 4.96. The highest BCUT2D eigenvalue weighted by Crippen LogP contribution is 2.27. The van der Waals surface area contributed by atoms with Gasteiger partial charge in [0.2, 0.25) is 10.0 Å². The van der Waals surface area contributed by atoms with E-state index in [0.717, 1.165) is 5.69 Å². The van der Waals surface area contributed by atoms with E-state index in [0.29, 0.717) is 35.2 Å². The number of hydrogen-bond donors (Lipinski definition) is 1. The van der Waals surface area contributed by atoms with Gasteiger partial charge in [-0.3, -0.25) is 9.78 Å². The summed E-state index contributed by atoms with van der Waals surface area (Å²) in [5.41, 5.74) is 2.39. The minimum atomic E-state index is -3.83. The topological polar surface area (TPSA) is 102 Å². The molecular weight excluding hydrogens is 459 g/mol. The number of hydrogen-bond acceptors (Lipinski definition) is 5. The van der Waals surface area contributed by atoms with Crippen molar-refractivity contribution in [1.82, 2.24) is 28.7 Å². The Morgan fingerprint density at radius 2 is 2.06 bits per heavy atom. The number of rotatable bonds is 5. The highest BCUT2D eigenvalue weighted by atomic mass is 32.2. The first kappa shape index (κ1) is 22.2. The maximum Gasteiger partial charge on any atom is 0.268 e. The van der Waals surface area contributed by atoms with Gasteiger partial charge in [-0.1, -0.05) is 6.07 Å². The standard InChI is InChI=1S/C23H23FN6O3S/c1-15-22(34(32,33)30-9-8-29-14-25-11-16(29)13-30)10-21(28(15)2)23(31)27-12-18-17-4-3-7-26-20(17)6-5-19(18)24/h3-7,10-11,14H,8-9,12-13H2,1-2H3,(H,27,31). The predicted octanol–water partition coefficient (Wildman–Crippen LogP) is 2.35. The van der Waals surface area contributed by atoms with Gasteiger partial charge < -0.3 is 14.5 Å². The number of fused-ring (bicyclic) bond motifs is 2. The largest absolute Gasteiger partial charge is 0.347 e. The lowest BCUT2D eigenvalue weighted by atomic mass is 10.1. The number of sulfonamides is 1. The highest BCUT2D eigenvalue weighted by molar-refractivity contribution is 7.89. The first-order chi connectivity index (χ1) is 16.3. The highest BCUT2D eigenvalue weighted by Gasteiger charge is 2.32. The van der Waals surface area contributed by atoms with Crippen molar-refractivity contribution in [3.8, 4) is 0 Å². The van der Waals surface area contributed by atoms with Crippen LogP contribution in [0.15, 0.2) is 53.9 Å². The number of aromatic nitrogens is 4. The van der Waals surface area contributed by atoms with Crippen molar-refractivity contribution < 1.29 is 17.6 Å². The molecule has 176 valence electrons. The number of amides is 1. The molecule has 1 aromatic carbocycles. The minimum Gasteiger partial charge on any atom is -0.347 e. The van der Waals surface area contributed by atoms with Gasteiger partial charge in [0.05, 0.1) is 24.1 Å². The lowest BCUT2D eigenvalue weighted by molar-refractivity contribution is 0.0942. The quantitative estimate of drug-likeness (QED) is 0.471. The molecule has 0 bridgehead atoms. The second-order valence-electron chi connectivity index (χ2n) is 8.23. The van der Waals surface area contributed by atoms with Crippen molar-refractivity contribution in [3.63, 3.8) is 0 Å². The fourth-order valence-corrected chi connectivity index (χ4v) is 5.95. The van der Waals surface area contributed by atoms with E-state index in [1.807, 2.05) is 4.57 Å². The number of carbonyl (C=O) groups excluding carboxylic acids is 1. The van der Waals surface area contributed by atoms with Crippen LogP contribution in [0.3, 0.4) is 0 Å². The van der Waals surface area contributed by atoms with Gasteiger partial charge in [-0.25, -0.2) is 17.8 Å². The van der Waals surface area contributed by atoms with Crippen LogP contribution in [0, 0.1) is 12.7 Å². The van der Waals surface area contributed by atoms with Crippen molar-refractivity contribution in [2.45, 2.75) is 31.5 Å². The molecule has 3 aromatic heterocycles. The SMILES string of the molecule is Cc1c(S(=O)(=O)N2CCn3cncc3C2)cc(C(=O)NCc2c(F)ccc3ncccc23)n1C. The monoisotopic (exact) mass is 482 g/mol. The number of halogens is 1. The average Bonchev–Trinajstić information content (AvgIpc) is 3.42. The molecule has 1 N–H and O–H groups in total. The fourth-order valence-electron chi connectivity index (χ4n) is 4.28. The van der Waals surface area contributed by atoms with Gasteiger partial charge in [0, 0.05) is 55.7 Å². The van der Waals surface area contributed by atoms with E-state index in [9.17, 15) is 17.6 Å². The van der Waals surface area contributed by atoms with Gasteiger partial charge >= 0.3 is 0 Å². The Balaban J connectivity index is 1.40. The van der Waals surface area contributed by atoms with Gasteiger partial charge in [0.15, 0.2) is 0 Å². The van der Waals surface area contributed by atoms with Gasteiger partial charge in [0.25, 0.3) is 5.91 Å². The molecule has 0 fully saturated rings. The molecule has 9 nitrogen and oxygen atoms in total. The van der Waals surface area contributed by atoms with Crippen molar-refractivity contribution in [1.29, 1.82) is 0 Å². The third kappa shape index (κ3) is 3.66. The molecule has 0 aliphatic carbocycles. The fraction of sp³-hybridized carbons (Fsp3) is 0.261. The van der Waals surface area contributed by atoms with E-state index in [1.54, 1.807) is 50.9 Å². The Kier molecular flexibility index (Phi) is 5.45. The number of nitrogens with zero attached hydrogens (tertiary/aromatic N) is 5. The Bertz CT molecular complexity index is 1520. The summed E-state index contributed by atoms with van der Waals surface area (Å²) in [6.45, 7) is 2.64.